The van der Waals surface area contributed by atoms with E-state index in [0.717, 1.165) is 15.6 Å². The Kier molecular flexibility index (Phi) is 4.02. The molecule has 0 atom stereocenters. The van der Waals surface area contributed by atoms with Crippen LogP contribution in [0.25, 0.3) is 10.1 Å². The van der Waals surface area contributed by atoms with Crippen molar-refractivity contribution in [3.63, 3.8) is 0 Å². The van der Waals surface area contributed by atoms with Crippen LogP contribution in [0.1, 0.15) is 15.2 Å². The summed E-state index contributed by atoms with van der Waals surface area (Å²) in [5.41, 5.74) is 1.06. The molecule has 3 aromatic rings. The number of aryl methyl sites for hydroxylation is 1. The second-order valence-electron chi connectivity index (χ2n) is 4.95. The van der Waals surface area contributed by atoms with E-state index in [0.29, 0.717) is 15.6 Å². The van der Waals surface area contributed by atoms with Crippen molar-refractivity contribution in [2.24, 2.45) is 0 Å². The molecule has 0 unspecified atom stereocenters. The third-order valence-corrected chi connectivity index (χ3v) is 5.10. The molecule has 0 saturated heterocycles. The van der Waals surface area contributed by atoms with E-state index in [1.54, 1.807) is 13.0 Å². The fourth-order valence-corrected chi connectivity index (χ4v) is 3.61. The Labute approximate surface area is 140 Å². The first kappa shape index (κ1) is 15.5. The fourth-order valence-electron chi connectivity index (χ4n) is 2.20. The molecule has 0 aliphatic heterocycles. The molecule has 0 spiro atoms. The molecule has 5 nitrogen and oxygen atoms in total. The molecule has 7 heteroatoms. The summed E-state index contributed by atoms with van der Waals surface area (Å²) < 4.78 is 0.915. The quantitative estimate of drug-likeness (QED) is 0.534. The number of carbonyl (C=O) groups is 1. The second-order valence-corrected chi connectivity index (χ2v) is 6.38. The van der Waals surface area contributed by atoms with Crippen molar-refractivity contribution >= 4 is 50.3 Å². The minimum atomic E-state index is -0.498. The molecule has 0 bridgehead atoms. The van der Waals surface area contributed by atoms with E-state index in [-0.39, 0.29) is 11.6 Å². The van der Waals surface area contributed by atoms with Crippen LogP contribution in [0.4, 0.5) is 11.4 Å². The van der Waals surface area contributed by atoms with E-state index in [1.807, 2.05) is 24.3 Å². The summed E-state index contributed by atoms with van der Waals surface area (Å²) in [5, 5.41) is 14.8. The molecule has 1 N–H and O–H groups in total. The number of halogens is 1. The summed E-state index contributed by atoms with van der Waals surface area (Å²) in [4.78, 5) is 23.2. The van der Waals surface area contributed by atoms with E-state index < -0.39 is 4.92 Å². The topological polar surface area (TPSA) is 72.2 Å². The predicted octanol–water partition coefficient (Wildman–Crippen LogP) is 5.02. The minimum absolute atomic E-state index is 0.0756. The van der Waals surface area contributed by atoms with Gasteiger partial charge in [0.15, 0.2) is 0 Å². The van der Waals surface area contributed by atoms with Gasteiger partial charge in [0.05, 0.1) is 15.6 Å². The average Bonchev–Trinajstić information content (AvgIpc) is 2.87. The zero-order valence-corrected chi connectivity index (χ0v) is 13.6. The molecule has 0 saturated carbocycles. The first-order chi connectivity index (χ1) is 11.0. The number of nitro benzene ring substituents is 1. The van der Waals surface area contributed by atoms with Crippen LogP contribution in [0.3, 0.4) is 0 Å². The summed E-state index contributed by atoms with van der Waals surface area (Å²) in [7, 11) is 0. The molecule has 23 heavy (non-hydrogen) atoms. The molecule has 0 fully saturated rings. The Morgan fingerprint density at radius 1 is 1.26 bits per heavy atom. The third kappa shape index (κ3) is 2.91. The number of nitrogens with one attached hydrogen (secondary N) is 1. The van der Waals surface area contributed by atoms with Crippen molar-refractivity contribution in [3.8, 4) is 0 Å². The standard InChI is InChI=1S/C16H11ClN2O3S/c1-9-6-7-10(19(21)22)8-12(9)18-16(20)15-14(17)11-4-2-3-5-13(11)23-15/h2-8H,1H3,(H,18,20). The molecule has 2 aromatic carbocycles. The van der Waals surface area contributed by atoms with Crippen LogP contribution in [-0.2, 0) is 0 Å². The molecule has 1 aromatic heterocycles. The zero-order valence-electron chi connectivity index (χ0n) is 12.0. The number of nitrogens with zero attached hydrogens (tertiary/aromatic N) is 1. The molecule has 0 aliphatic carbocycles. The van der Waals surface area contributed by atoms with E-state index in [4.69, 9.17) is 11.6 Å². The molecule has 1 heterocycles. The summed E-state index contributed by atoms with van der Waals surface area (Å²) in [5.74, 6) is -0.375. The van der Waals surface area contributed by atoms with Crippen LogP contribution < -0.4 is 5.32 Å². The van der Waals surface area contributed by atoms with Crippen LogP contribution in [0.2, 0.25) is 5.02 Å². The minimum Gasteiger partial charge on any atom is -0.321 e. The van der Waals surface area contributed by atoms with Crippen LogP contribution in [0, 0.1) is 17.0 Å². The van der Waals surface area contributed by atoms with Gasteiger partial charge in [0.25, 0.3) is 11.6 Å². The van der Waals surface area contributed by atoms with Crippen molar-refractivity contribution in [1.82, 2.24) is 0 Å². The maximum atomic E-state index is 12.5. The van der Waals surface area contributed by atoms with Crippen molar-refractivity contribution in [1.29, 1.82) is 0 Å². The number of fused-ring (bicyclic) bond motifs is 1. The summed E-state index contributed by atoms with van der Waals surface area (Å²) >= 11 is 7.57. The van der Waals surface area contributed by atoms with Crippen molar-refractivity contribution in [2.75, 3.05) is 5.32 Å². The van der Waals surface area contributed by atoms with Crippen molar-refractivity contribution in [2.45, 2.75) is 6.92 Å². The number of carbonyl (C=O) groups excluding carboxylic acids is 1. The van der Waals surface area contributed by atoms with Gasteiger partial charge in [0, 0.05) is 22.2 Å². The first-order valence-corrected chi connectivity index (χ1v) is 7.90. The number of amides is 1. The molecule has 0 radical (unpaired) electrons. The number of nitro groups is 1. The molecule has 0 aliphatic rings. The lowest BCUT2D eigenvalue weighted by molar-refractivity contribution is -0.384. The number of benzene rings is 2. The Bertz CT molecular complexity index is 936. The highest BCUT2D eigenvalue weighted by Crippen LogP contribution is 2.35. The fraction of sp³-hybridized carbons (Fsp3) is 0.0625. The van der Waals surface area contributed by atoms with Crippen molar-refractivity contribution in [3.05, 3.63) is 68.0 Å². The van der Waals surface area contributed by atoms with E-state index in [1.165, 1.54) is 23.5 Å². The third-order valence-electron chi connectivity index (χ3n) is 3.42. The van der Waals surface area contributed by atoms with Gasteiger partial charge in [-0.25, -0.2) is 0 Å². The Hall–Kier alpha value is -2.44. The highest BCUT2D eigenvalue weighted by molar-refractivity contribution is 7.21. The maximum Gasteiger partial charge on any atom is 0.271 e. The molecular weight excluding hydrogens is 336 g/mol. The summed E-state index contributed by atoms with van der Waals surface area (Å²) in [6.45, 7) is 1.77. The lowest BCUT2D eigenvalue weighted by Gasteiger charge is -2.07. The van der Waals surface area contributed by atoms with Gasteiger partial charge < -0.3 is 5.32 Å². The Morgan fingerprint density at radius 3 is 2.70 bits per heavy atom. The highest BCUT2D eigenvalue weighted by atomic mass is 35.5. The summed E-state index contributed by atoms with van der Waals surface area (Å²) in [6, 6.07) is 11.8. The van der Waals surface area contributed by atoms with Crippen LogP contribution >= 0.6 is 22.9 Å². The number of thiophene rings is 1. The largest absolute Gasteiger partial charge is 0.321 e. The maximum absolute atomic E-state index is 12.5. The lowest BCUT2D eigenvalue weighted by atomic mass is 10.2. The van der Waals surface area contributed by atoms with Gasteiger partial charge in [-0.15, -0.1) is 11.3 Å². The SMILES string of the molecule is Cc1ccc([N+](=O)[O-])cc1NC(=O)c1sc2ccccc2c1Cl. The molecule has 3 rings (SSSR count). The second kappa shape index (κ2) is 5.98. The summed E-state index contributed by atoms with van der Waals surface area (Å²) in [6.07, 6.45) is 0. The highest BCUT2D eigenvalue weighted by Gasteiger charge is 2.18. The zero-order chi connectivity index (χ0) is 16.6. The Morgan fingerprint density at radius 2 is 2.00 bits per heavy atom. The molecule has 116 valence electrons. The van der Waals surface area contributed by atoms with E-state index in [2.05, 4.69) is 5.32 Å². The number of rotatable bonds is 3. The Balaban J connectivity index is 1.96. The molecular formula is C16H11ClN2O3S. The number of hydrogen-bond acceptors (Lipinski definition) is 4. The van der Waals surface area contributed by atoms with E-state index in [9.17, 15) is 14.9 Å². The lowest BCUT2D eigenvalue weighted by Crippen LogP contribution is -2.11. The van der Waals surface area contributed by atoms with Crippen LogP contribution in [-0.4, -0.2) is 10.8 Å². The smallest absolute Gasteiger partial charge is 0.271 e. The average molecular weight is 347 g/mol. The van der Waals surface area contributed by atoms with Gasteiger partial charge in [-0.3, -0.25) is 14.9 Å². The van der Waals surface area contributed by atoms with Crippen LogP contribution in [0.5, 0.6) is 0 Å². The van der Waals surface area contributed by atoms with Gasteiger partial charge in [-0.2, -0.15) is 0 Å². The van der Waals surface area contributed by atoms with Gasteiger partial charge in [0.2, 0.25) is 0 Å². The number of anilines is 1. The first-order valence-electron chi connectivity index (χ1n) is 6.71. The van der Waals surface area contributed by atoms with Gasteiger partial charge in [-0.05, 0) is 18.6 Å². The number of hydrogen-bond donors (Lipinski definition) is 1. The van der Waals surface area contributed by atoms with Crippen molar-refractivity contribution < 1.29 is 9.72 Å². The molecule has 1 amide bonds. The monoisotopic (exact) mass is 346 g/mol. The normalized spacial score (nSPS) is 10.7. The van der Waals surface area contributed by atoms with Gasteiger partial charge in [0.1, 0.15) is 4.88 Å². The van der Waals surface area contributed by atoms with Gasteiger partial charge >= 0.3 is 0 Å². The number of non-ortho nitro benzene ring substituents is 1. The predicted molar refractivity (Wildman–Crippen MR) is 92.6 cm³/mol. The van der Waals surface area contributed by atoms with Gasteiger partial charge in [-0.1, -0.05) is 35.9 Å². The van der Waals surface area contributed by atoms with E-state index >= 15 is 0 Å². The van der Waals surface area contributed by atoms with Crippen LogP contribution in [0.15, 0.2) is 42.5 Å².